The summed E-state index contributed by atoms with van der Waals surface area (Å²) in [4.78, 5) is 30.4. The molecule has 1 aromatic rings. The summed E-state index contributed by atoms with van der Waals surface area (Å²) in [5.74, 6) is 0.474. The molecule has 1 aromatic carbocycles. The monoisotopic (exact) mass is 386 g/mol. The number of hydrogen-bond acceptors (Lipinski definition) is 4. The Morgan fingerprint density at radius 1 is 1.18 bits per heavy atom. The normalized spacial score (nSPS) is 30.6. The van der Waals surface area contributed by atoms with Crippen molar-refractivity contribution in [1.82, 2.24) is 9.80 Å². The Labute approximate surface area is 166 Å². The predicted molar refractivity (Wildman–Crippen MR) is 104 cm³/mol. The highest BCUT2D eigenvalue weighted by Gasteiger charge is 2.54. The van der Waals surface area contributed by atoms with Gasteiger partial charge < -0.3 is 14.4 Å². The first-order valence-electron chi connectivity index (χ1n) is 10.5. The fourth-order valence-corrected chi connectivity index (χ4v) is 4.92. The van der Waals surface area contributed by atoms with Gasteiger partial charge in [0, 0.05) is 13.1 Å². The van der Waals surface area contributed by atoms with Crippen molar-refractivity contribution in [3.05, 3.63) is 35.9 Å². The zero-order chi connectivity index (χ0) is 19.6. The summed E-state index contributed by atoms with van der Waals surface area (Å²) in [5, 5.41) is 0. The average molecular weight is 386 g/mol. The number of amides is 2. The van der Waals surface area contributed by atoms with Crippen LogP contribution in [0.1, 0.15) is 38.2 Å². The van der Waals surface area contributed by atoms with Crippen LogP contribution < -0.4 is 0 Å². The third-order valence-electron chi connectivity index (χ3n) is 6.27. The molecule has 6 heteroatoms. The second-order valence-electron chi connectivity index (χ2n) is 8.34. The molecule has 2 heterocycles. The van der Waals surface area contributed by atoms with Crippen molar-refractivity contribution in [2.75, 3.05) is 32.9 Å². The van der Waals surface area contributed by atoms with E-state index in [-0.39, 0.29) is 11.8 Å². The van der Waals surface area contributed by atoms with Crippen LogP contribution in [0.5, 0.6) is 0 Å². The maximum Gasteiger partial charge on any atom is 0.248 e. The van der Waals surface area contributed by atoms with Crippen LogP contribution in [0.25, 0.3) is 0 Å². The van der Waals surface area contributed by atoms with Crippen LogP contribution in [0.3, 0.4) is 0 Å². The zero-order valence-corrected chi connectivity index (χ0v) is 16.6. The molecule has 1 spiro atoms. The predicted octanol–water partition coefficient (Wildman–Crippen LogP) is 2.22. The number of morpholine rings is 1. The van der Waals surface area contributed by atoms with E-state index in [1.54, 1.807) is 0 Å². The van der Waals surface area contributed by atoms with Gasteiger partial charge in [0.25, 0.3) is 0 Å². The van der Waals surface area contributed by atoms with E-state index >= 15 is 0 Å². The summed E-state index contributed by atoms with van der Waals surface area (Å²) in [6.45, 7) is 4.78. The standard InChI is InChI=1S/C22H30N2O4/c1-17-6-5-9-22(15-17)24(20(25)14-18-7-3-2-4-8-18)19(16-28-22)21(26)23-10-12-27-13-11-23/h2-4,7-8,17,19H,5-6,9-16H2,1H3/t17-,19-,22-/m1/s1. The molecule has 0 bridgehead atoms. The van der Waals surface area contributed by atoms with Crippen LogP contribution in [-0.2, 0) is 25.5 Å². The fraction of sp³-hybridized carbons (Fsp3) is 0.636. The van der Waals surface area contributed by atoms with Crippen LogP contribution in [0, 0.1) is 5.92 Å². The molecule has 3 atom stereocenters. The van der Waals surface area contributed by atoms with Crippen molar-refractivity contribution in [3.63, 3.8) is 0 Å². The molecule has 2 aliphatic heterocycles. The second kappa shape index (κ2) is 8.21. The molecule has 28 heavy (non-hydrogen) atoms. The van der Waals surface area contributed by atoms with Gasteiger partial charge >= 0.3 is 0 Å². The van der Waals surface area contributed by atoms with Gasteiger partial charge in [-0.15, -0.1) is 0 Å². The van der Waals surface area contributed by atoms with Crippen LogP contribution in [0.4, 0.5) is 0 Å². The number of rotatable bonds is 3. The summed E-state index contributed by atoms with van der Waals surface area (Å²) in [6.07, 6.45) is 4.08. The molecule has 3 aliphatic rings. The summed E-state index contributed by atoms with van der Waals surface area (Å²) in [5.41, 5.74) is 0.340. The molecular formula is C22H30N2O4. The van der Waals surface area contributed by atoms with E-state index in [1.807, 2.05) is 40.1 Å². The highest BCUT2D eigenvalue weighted by molar-refractivity contribution is 5.89. The lowest BCUT2D eigenvalue weighted by molar-refractivity contribution is -0.164. The Bertz CT molecular complexity index is 704. The molecule has 0 unspecified atom stereocenters. The van der Waals surface area contributed by atoms with E-state index in [0.717, 1.165) is 31.2 Å². The third kappa shape index (κ3) is 3.80. The lowest BCUT2D eigenvalue weighted by Gasteiger charge is -2.44. The largest absolute Gasteiger partial charge is 0.378 e. The Balaban J connectivity index is 1.59. The maximum absolute atomic E-state index is 13.4. The van der Waals surface area contributed by atoms with Crippen LogP contribution in [0.2, 0.25) is 0 Å². The topological polar surface area (TPSA) is 59.1 Å². The number of carbonyl (C=O) groups is 2. The zero-order valence-electron chi connectivity index (χ0n) is 16.6. The van der Waals surface area contributed by atoms with Crippen molar-refractivity contribution in [2.24, 2.45) is 5.92 Å². The van der Waals surface area contributed by atoms with Gasteiger partial charge in [-0.3, -0.25) is 14.5 Å². The van der Waals surface area contributed by atoms with Crippen molar-refractivity contribution >= 4 is 11.8 Å². The smallest absolute Gasteiger partial charge is 0.248 e. The van der Waals surface area contributed by atoms with Crippen molar-refractivity contribution in [2.45, 2.75) is 50.8 Å². The van der Waals surface area contributed by atoms with E-state index in [1.165, 1.54) is 0 Å². The van der Waals surface area contributed by atoms with E-state index in [0.29, 0.717) is 45.2 Å². The quantitative estimate of drug-likeness (QED) is 0.799. The fourth-order valence-electron chi connectivity index (χ4n) is 4.92. The second-order valence-corrected chi connectivity index (χ2v) is 8.34. The third-order valence-corrected chi connectivity index (χ3v) is 6.27. The molecule has 1 aliphatic carbocycles. The summed E-state index contributed by atoms with van der Waals surface area (Å²) < 4.78 is 11.7. The van der Waals surface area contributed by atoms with Crippen LogP contribution in [-0.4, -0.2) is 66.3 Å². The van der Waals surface area contributed by atoms with Crippen LogP contribution in [0.15, 0.2) is 30.3 Å². The molecule has 3 fully saturated rings. The minimum Gasteiger partial charge on any atom is -0.378 e. The van der Waals surface area contributed by atoms with Crippen molar-refractivity contribution in [1.29, 1.82) is 0 Å². The number of ether oxygens (including phenoxy) is 2. The Hall–Kier alpha value is -1.92. The van der Waals surface area contributed by atoms with Crippen molar-refractivity contribution < 1.29 is 19.1 Å². The first kappa shape index (κ1) is 19.4. The highest BCUT2D eigenvalue weighted by Crippen LogP contribution is 2.43. The van der Waals surface area contributed by atoms with Gasteiger partial charge in [-0.2, -0.15) is 0 Å². The first-order chi connectivity index (χ1) is 13.6. The van der Waals surface area contributed by atoms with Gasteiger partial charge in [0.2, 0.25) is 11.8 Å². The lowest BCUT2D eigenvalue weighted by atomic mass is 9.83. The SMILES string of the molecule is C[C@@H]1CCC[C@]2(C1)OC[C@H](C(=O)N1CCOCC1)N2C(=O)Cc1ccccc1. The Morgan fingerprint density at radius 2 is 1.93 bits per heavy atom. The van der Waals surface area contributed by atoms with Gasteiger partial charge in [0.05, 0.1) is 26.2 Å². The van der Waals surface area contributed by atoms with Gasteiger partial charge in [-0.05, 0) is 30.7 Å². The molecule has 2 amide bonds. The molecule has 152 valence electrons. The van der Waals surface area contributed by atoms with Crippen molar-refractivity contribution in [3.8, 4) is 0 Å². The number of hydrogen-bond donors (Lipinski definition) is 0. The minimum absolute atomic E-state index is 0.000173. The minimum atomic E-state index is -0.629. The highest BCUT2D eigenvalue weighted by atomic mass is 16.5. The molecule has 2 saturated heterocycles. The van der Waals surface area contributed by atoms with E-state index in [9.17, 15) is 9.59 Å². The molecular weight excluding hydrogens is 356 g/mol. The Morgan fingerprint density at radius 3 is 2.64 bits per heavy atom. The number of benzene rings is 1. The van der Waals surface area contributed by atoms with Gasteiger partial charge in [-0.25, -0.2) is 0 Å². The van der Waals surface area contributed by atoms with Crippen LogP contribution >= 0.6 is 0 Å². The summed E-state index contributed by atoms with van der Waals surface area (Å²) in [6, 6.07) is 9.23. The Kier molecular flexibility index (Phi) is 5.69. The summed E-state index contributed by atoms with van der Waals surface area (Å²) >= 11 is 0. The molecule has 6 nitrogen and oxygen atoms in total. The van der Waals surface area contributed by atoms with Gasteiger partial charge in [0.1, 0.15) is 11.8 Å². The molecule has 4 rings (SSSR count). The molecule has 0 radical (unpaired) electrons. The summed E-state index contributed by atoms with van der Waals surface area (Å²) in [7, 11) is 0. The molecule has 0 N–H and O–H groups in total. The molecule has 0 aromatic heterocycles. The maximum atomic E-state index is 13.4. The number of nitrogens with zero attached hydrogens (tertiary/aromatic N) is 2. The van der Waals surface area contributed by atoms with Gasteiger partial charge in [-0.1, -0.05) is 43.7 Å². The first-order valence-corrected chi connectivity index (χ1v) is 10.5. The average Bonchev–Trinajstić information content (AvgIpc) is 3.07. The number of carbonyl (C=O) groups excluding carboxylic acids is 2. The van der Waals surface area contributed by atoms with E-state index in [2.05, 4.69) is 6.92 Å². The van der Waals surface area contributed by atoms with E-state index < -0.39 is 11.8 Å². The molecule has 1 saturated carbocycles. The van der Waals surface area contributed by atoms with E-state index in [4.69, 9.17) is 9.47 Å². The lowest BCUT2D eigenvalue weighted by Crippen LogP contribution is -2.58. The van der Waals surface area contributed by atoms with Gasteiger partial charge in [0.15, 0.2) is 0 Å².